The number of carbonyl (C=O) groups excluding carboxylic acids is 1. The summed E-state index contributed by atoms with van der Waals surface area (Å²) in [5.74, 6) is -2.39. The molecule has 0 amide bonds. The number of benzene rings is 1. The second-order valence-corrected chi connectivity index (χ2v) is 3.79. The summed E-state index contributed by atoms with van der Waals surface area (Å²) in [4.78, 5) is 13.3. The Balaban J connectivity index is 3.05. The molecule has 3 nitrogen and oxygen atoms in total. The predicted octanol–water partition coefficient (Wildman–Crippen LogP) is 2.13. The minimum absolute atomic E-state index is 0.243. The van der Waals surface area contributed by atoms with E-state index >= 15 is 0 Å². The van der Waals surface area contributed by atoms with Gasteiger partial charge in [-0.15, -0.1) is 0 Å². The van der Waals surface area contributed by atoms with Gasteiger partial charge in [0.15, 0.2) is 11.6 Å². The number of likely N-dealkylation sites (N-methyl/N-ethyl adjacent to an activating group) is 1. The van der Waals surface area contributed by atoms with E-state index < -0.39 is 23.6 Å². The summed E-state index contributed by atoms with van der Waals surface area (Å²) in [6.07, 6.45) is 0. The van der Waals surface area contributed by atoms with Gasteiger partial charge in [0.25, 0.3) is 0 Å². The van der Waals surface area contributed by atoms with E-state index in [0.29, 0.717) is 5.56 Å². The monoisotopic (exact) mass is 243 g/mol. The number of nitrogens with zero attached hydrogens (tertiary/aromatic N) is 1. The lowest BCUT2D eigenvalue weighted by Gasteiger charge is -2.22. The minimum Gasteiger partial charge on any atom is -0.465 e. The highest BCUT2D eigenvalue weighted by atomic mass is 19.2. The van der Waals surface area contributed by atoms with Crippen LogP contribution in [0.4, 0.5) is 8.78 Å². The van der Waals surface area contributed by atoms with E-state index in [0.717, 1.165) is 12.1 Å². The fourth-order valence-corrected chi connectivity index (χ4v) is 1.55. The molecule has 0 aliphatic carbocycles. The number of rotatable bonds is 4. The molecule has 17 heavy (non-hydrogen) atoms. The molecule has 0 saturated carbocycles. The molecule has 0 fully saturated rings. The van der Waals surface area contributed by atoms with Gasteiger partial charge in [-0.2, -0.15) is 0 Å². The molecule has 1 unspecified atom stereocenters. The fraction of sp³-hybridized carbons (Fsp3) is 0.417. The van der Waals surface area contributed by atoms with Gasteiger partial charge in [0.1, 0.15) is 6.04 Å². The Morgan fingerprint density at radius 3 is 2.47 bits per heavy atom. The summed E-state index contributed by atoms with van der Waals surface area (Å²) in [6.45, 7) is 1.93. The Labute approximate surface area is 99.0 Å². The van der Waals surface area contributed by atoms with Crippen LogP contribution in [0.1, 0.15) is 18.5 Å². The molecular weight excluding hydrogens is 228 g/mol. The third-order valence-corrected chi connectivity index (χ3v) is 2.29. The standard InChI is InChI=1S/C12H15F2NO2/c1-4-17-12(16)11(15(2)3)8-5-6-9(13)10(14)7-8/h5-7,11H,4H2,1-3H3. The number of ether oxygens (including phenoxy) is 1. The van der Waals surface area contributed by atoms with Crippen molar-refractivity contribution in [3.05, 3.63) is 35.4 Å². The molecule has 0 aliphatic heterocycles. The summed E-state index contributed by atoms with van der Waals surface area (Å²) in [5.41, 5.74) is 0.368. The average molecular weight is 243 g/mol. The van der Waals surface area contributed by atoms with Crippen molar-refractivity contribution < 1.29 is 18.3 Å². The quantitative estimate of drug-likeness (QED) is 0.759. The van der Waals surface area contributed by atoms with E-state index in [-0.39, 0.29) is 6.61 Å². The predicted molar refractivity (Wildman–Crippen MR) is 59.4 cm³/mol. The third kappa shape index (κ3) is 3.23. The summed E-state index contributed by atoms with van der Waals surface area (Å²) in [5, 5.41) is 0. The van der Waals surface area contributed by atoms with Crippen LogP contribution in [0, 0.1) is 11.6 Å². The topological polar surface area (TPSA) is 29.5 Å². The van der Waals surface area contributed by atoms with E-state index in [1.807, 2.05) is 0 Å². The fourth-order valence-electron chi connectivity index (χ4n) is 1.55. The van der Waals surface area contributed by atoms with Crippen molar-refractivity contribution in [1.29, 1.82) is 0 Å². The summed E-state index contributed by atoms with van der Waals surface area (Å²) < 4.78 is 30.8. The minimum atomic E-state index is -0.973. The van der Waals surface area contributed by atoms with Crippen molar-refractivity contribution in [2.24, 2.45) is 0 Å². The lowest BCUT2D eigenvalue weighted by molar-refractivity contribution is -0.148. The zero-order chi connectivity index (χ0) is 13.0. The van der Waals surface area contributed by atoms with Crippen LogP contribution in [0.15, 0.2) is 18.2 Å². The smallest absolute Gasteiger partial charge is 0.327 e. The van der Waals surface area contributed by atoms with Crippen LogP contribution in [0.25, 0.3) is 0 Å². The van der Waals surface area contributed by atoms with Crippen molar-refractivity contribution in [3.8, 4) is 0 Å². The summed E-state index contributed by atoms with van der Waals surface area (Å²) in [6, 6.07) is 2.65. The van der Waals surface area contributed by atoms with E-state index in [2.05, 4.69) is 0 Å². The highest BCUT2D eigenvalue weighted by molar-refractivity contribution is 5.77. The molecule has 94 valence electrons. The molecule has 0 N–H and O–H groups in total. The first-order valence-electron chi connectivity index (χ1n) is 5.25. The zero-order valence-corrected chi connectivity index (χ0v) is 10.0. The number of carbonyl (C=O) groups is 1. The molecule has 0 radical (unpaired) electrons. The molecule has 0 aromatic heterocycles. The van der Waals surface area contributed by atoms with Gasteiger partial charge < -0.3 is 4.74 Å². The molecular formula is C12H15F2NO2. The number of hydrogen-bond acceptors (Lipinski definition) is 3. The Hall–Kier alpha value is -1.49. The van der Waals surface area contributed by atoms with Crippen LogP contribution in [0.2, 0.25) is 0 Å². The molecule has 0 saturated heterocycles. The average Bonchev–Trinajstić information content (AvgIpc) is 2.23. The molecule has 5 heteroatoms. The summed E-state index contributed by atoms with van der Waals surface area (Å²) >= 11 is 0. The first-order chi connectivity index (χ1) is 7.97. The Morgan fingerprint density at radius 2 is 2.00 bits per heavy atom. The van der Waals surface area contributed by atoms with Gasteiger partial charge in [0.2, 0.25) is 0 Å². The second-order valence-electron chi connectivity index (χ2n) is 3.79. The van der Waals surface area contributed by atoms with Gasteiger partial charge in [-0.25, -0.2) is 13.6 Å². The van der Waals surface area contributed by atoms with Gasteiger partial charge in [-0.1, -0.05) is 6.07 Å². The maximum atomic E-state index is 13.1. The van der Waals surface area contributed by atoms with Crippen LogP contribution in [0.5, 0.6) is 0 Å². The first kappa shape index (κ1) is 13.6. The van der Waals surface area contributed by atoms with E-state index in [1.54, 1.807) is 25.9 Å². The number of halogens is 2. The highest BCUT2D eigenvalue weighted by Crippen LogP contribution is 2.21. The van der Waals surface area contributed by atoms with Crippen molar-refractivity contribution in [2.45, 2.75) is 13.0 Å². The van der Waals surface area contributed by atoms with Crippen LogP contribution in [-0.2, 0) is 9.53 Å². The first-order valence-corrected chi connectivity index (χ1v) is 5.25. The van der Waals surface area contributed by atoms with Crippen LogP contribution < -0.4 is 0 Å². The van der Waals surface area contributed by atoms with Crippen molar-refractivity contribution in [1.82, 2.24) is 4.90 Å². The van der Waals surface area contributed by atoms with E-state index in [4.69, 9.17) is 4.74 Å². The molecule has 0 spiro atoms. The number of esters is 1. The Kier molecular flexibility index (Phi) is 4.57. The Bertz CT molecular complexity index is 407. The largest absolute Gasteiger partial charge is 0.465 e. The van der Waals surface area contributed by atoms with Crippen LogP contribution in [0.3, 0.4) is 0 Å². The van der Waals surface area contributed by atoms with Gasteiger partial charge in [-0.3, -0.25) is 4.90 Å². The Morgan fingerprint density at radius 1 is 1.35 bits per heavy atom. The molecule has 0 heterocycles. The normalized spacial score (nSPS) is 12.6. The van der Waals surface area contributed by atoms with E-state index in [1.165, 1.54) is 6.07 Å². The van der Waals surface area contributed by atoms with Crippen molar-refractivity contribution in [3.63, 3.8) is 0 Å². The van der Waals surface area contributed by atoms with Crippen LogP contribution >= 0.6 is 0 Å². The second kappa shape index (κ2) is 5.72. The molecule has 0 bridgehead atoms. The molecule has 1 atom stereocenters. The van der Waals surface area contributed by atoms with Gasteiger partial charge >= 0.3 is 5.97 Å². The van der Waals surface area contributed by atoms with Gasteiger partial charge in [-0.05, 0) is 38.7 Å². The summed E-state index contributed by atoms with van der Waals surface area (Å²) in [7, 11) is 3.34. The SMILES string of the molecule is CCOC(=O)C(c1ccc(F)c(F)c1)N(C)C. The third-order valence-electron chi connectivity index (χ3n) is 2.29. The lowest BCUT2D eigenvalue weighted by Crippen LogP contribution is -2.29. The molecule has 0 aliphatic rings. The molecule has 1 aromatic rings. The highest BCUT2D eigenvalue weighted by Gasteiger charge is 2.25. The maximum absolute atomic E-state index is 13.1. The van der Waals surface area contributed by atoms with Crippen LogP contribution in [-0.4, -0.2) is 31.6 Å². The molecule has 1 aromatic carbocycles. The maximum Gasteiger partial charge on any atom is 0.327 e. The van der Waals surface area contributed by atoms with Gasteiger partial charge in [0, 0.05) is 0 Å². The zero-order valence-electron chi connectivity index (χ0n) is 10.0. The van der Waals surface area contributed by atoms with Crippen molar-refractivity contribution in [2.75, 3.05) is 20.7 Å². The lowest BCUT2D eigenvalue weighted by atomic mass is 10.1. The van der Waals surface area contributed by atoms with Gasteiger partial charge in [0.05, 0.1) is 6.61 Å². The van der Waals surface area contributed by atoms with E-state index in [9.17, 15) is 13.6 Å². The van der Waals surface area contributed by atoms with Crippen molar-refractivity contribution >= 4 is 5.97 Å². The number of hydrogen-bond donors (Lipinski definition) is 0. The molecule has 1 rings (SSSR count).